The monoisotopic (exact) mass is 300 g/mol. The third-order valence-corrected chi connectivity index (χ3v) is 5.14. The van der Waals surface area contributed by atoms with Crippen molar-refractivity contribution in [2.45, 2.75) is 54.5 Å². The molecule has 0 saturated carbocycles. The minimum absolute atomic E-state index is 0.144. The molecule has 2 aromatic rings. The lowest BCUT2D eigenvalue weighted by Crippen LogP contribution is -2.22. The smallest absolute Gasteiger partial charge is 0.176 e. The standard InChI is InChI=1S/C19H28N2O/c1-10(9-20-8)21-18(16(7)22)15(6)17-13(4)11(2)12(3)14(5)19(17)21/h10,20H,9H2,1-8H3. The second kappa shape index (κ2) is 5.88. The molecule has 0 spiro atoms. The van der Waals surface area contributed by atoms with Gasteiger partial charge in [-0.15, -0.1) is 0 Å². The van der Waals surface area contributed by atoms with E-state index in [2.05, 4.69) is 51.4 Å². The number of rotatable bonds is 4. The summed E-state index contributed by atoms with van der Waals surface area (Å²) >= 11 is 0. The van der Waals surface area contributed by atoms with Crippen LogP contribution in [0.15, 0.2) is 0 Å². The van der Waals surface area contributed by atoms with Crippen LogP contribution in [0, 0.1) is 34.6 Å². The van der Waals surface area contributed by atoms with Gasteiger partial charge in [-0.25, -0.2) is 0 Å². The van der Waals surface area contributed by atoms with Gasteiger partial charge in [0.25, 0.3) is 0 Å². The molecule has 0 fully saturated rings. The number of hydrogen-bond donors (Lipinski definition) is 1. The number of fused-ring (bicyclic) bond motifs is 1. The number of likely N-dealkylation sites (N-methyl/N-ethyl adjacent to an activating group) is 1. The van der Waals surface area contributed by atoms with Gasteiger partial charge in [0.1, 0.15) is 0 Å². The number of carbonyl (C=O) groups excluding carboxylic acids is 1. The maximum absolute atomic E-state index is 12.3. The maximum Gasteiger partial charge on any atom is 0.176 e. The van der Waals surface area contributed by atoms with Gasteiger partial charge in [0, 0.05) is 24.9 Å². The average Bonchev–Trinajstić information content (AvgIpc) is 2.76. The first kappa shape index (κ1) is 16.8. The van der Waals surface area contributed by atoms with E-state index < -0.39 is 0 Å². The van der Waals surface area contributed by atoms with E-state index in [-0.39, 0.29) is 11.8 Å². The summed E-state index contributed by atoms with van der Waals surface area (Å²) < 4.78 is 2.25. The highest BCUT2D eigenvalue weighted by Crippen LogP contribution is 2.37. The van der Waals surface area contributed by atoms with Crippen LogP contribution in [-0.2, 0) is 0 Å². The molecule has 0 aliphatic rings. The summed E-state index contributed by atoms with van der Waals surface area (Å²) in [4.78, 5) is 12.3. The molecule has 1 unspecified atom stereocenters. The molecule has 0 aliphatic carbocycles. The Bertz CT molecular complexity index is 753. The number of nitrogens with zero attached hydrogens (tertiary/aromatic N) is 1. The van der Waals surface area contributed by atoms with Gasteiger partial charge in [-0.2, -0.15) is 0 Å². The summed E-state index contributed by atoms with van der Waals surface area (Å²) in [6.07, 6.45) is 0. The normalized spacial score (nSPS) is 12.9. The van der Waals surface area contributed by atoms with Crippen molar-refractivity contribution in [2.24, 2.45) is 0 Å². The van der Waals surface area contributed by atoms with Crippen LogP contribution in [0.1, 0.15) is 58.2 Å². The molecule has 1 aromatic heterocycles. The van der Waals surface area contributed by atoms with Crippen molar-refractivity contribution in [1.82, 2.24) is 9.88 Å². The Morgan fingerprint density at radius 1 is 1.00 bits per heavy atom. The van der Waals surface area contributed by atoms with Gasteiger partial charge >= 0.3 is 0 Å². The van der Waals surface area contributed by atoms with Crippen molar-refractivity contribution in [3.63, 3.8) is 0 Å². The number of aryl methyl sites for hydroxylation is 3. The van der Waals surface area contributed by atoms with Crippen LogP contribution in [-0.4, -0.2) is 23.9 Å². The van der Waals surface area contributed by atoms with Gasteiger partial charge in [-0.3, -0.25) is 4.79 Å². The highest BCUT2D eigenvalue weighted by Gasteiger charge is 2.24. The fraction of sp³-hybridized carbons (Fsp3) is 0.526. The molecule has 0 saturated heterocycles. The van der Waals surface area contributed by atoms with E-state index in [0.29, 0.717) is 0 Å². The molecular formula is C19H28N2O. The largest absolute Gasteiger partial charge is 0.333 e. The van der Waals surface area contributed by atoms with Crippen LogP contribution in [0.5, 0.6) is 0 Å². The van der Waals surface area contributed by atoms with Crippen molar-refractivity contribution < 1.29 is 4.79 Å². The summed E-state index contributed by atoms with van der Waals surface area (Å²) in [6.45, 7) is 15.5. The van der Waals surface area contributed by atoms with E-state index in [0.717, 1.165) is 17.8 Å². The van der Waals surface area contributed by atoms with Crippen molar-refractivity contribution in [2.75, 3.05) is 13.6 Å². The van der Waals surface area contributed by atoms with Crippen LogP contribution < -0.4 is 5.32 Å². The summed E-state index contributed by atoms with van der Waals surface area (Å²) in [5.41, 5.74) is 8.46. The summed E-state index contributed by atoms with van der Waals surface area (Å²) in [6, 6.07) is 0.236. The van der Waals surface area contributed by atoms with E-state index in [1.54, 1.807) is 6.92 Å². The predicted molar refractivity (Wildman–Crippen MR) is 94.3 cm³/mol. The molecule has 3 nitrogen and oxygen atoms in total. The van der Waals surface area contributed by atoms with Crippen molar-refractivity contribution in [1.29, 1.82) is 0 Å². The van der Waals surface area contributed by atoms with Crippen LogP contribution in [0.25, 0.3) is 10.9 Å². The van der Waals surface area contributed by atoms with E-state index in [9.17, 15) is 4.79 Å². The second-order valence-corrected chi connectivity index (χ2v) is 6.53. The van der Waals surface area contributed by atoms with Crippen LogP contribution in [0.3, 0.4) is 0 Å². The topological polar surface area (TPSA) is 34.0 Å². The zero-order valence-electron chi connectivity index (χ0n) is 15.1. The Morgan fingerprint density at radius 3 is 2.05 bits per heavy atom. The molecule has 0 aliphatic heterocycles. The van der Waals surface area contributed by atoms with Gasteiger partial charge < -0.3 is 9.88 Å². The van der Waals surface area contributed by atoms with Gasteiger partial charge in [0.15, 0.2) is 5.78 Å². The number of aromatic nitrogens is 1. The first-order valence-electron chi connectivity index (χ1n) is 8.00. The fourth-order valence-electron chi connectivity index (χ4n) is 3.72. The first-order valence-corrected chi connectivity index (χ1v) is 8.00. The Labute approximate surface area is 133 Å². The molecule has 1 atom stereocenters. The van der Waals surface area contributed by atoms with E-state index in [1.165, 1.54) is 33.2 Å². The first-order chi connectivity index (χ1) is 10.2. The number of nitrogens with one attached hydrogen (secondary N) is 1. The maximum atomic E-state index is 12.3. The number of benzene rings is 1. The zero-order chi connectivity index (χ0) is 16.8. The molecule has 22 heavy (non-hydrogen) atoms. The molecule has 1 N–H and O–H groups in total. The van der Waals surface area contributed by atoms with Gasteiger partial charge in [0.2, 0.25) is 0 Å². The van der Waals surface area contributed by atoms with Crippen molar-refractivity contribution in [3.05, 3.63) is 33.5 Å². The number of carbonyl (C=O) groups is 1. The van der Waals surface area contributed by atoms with Crippen LogP contribution in [0.2, 0.25) is 0 Å². The number of Topliss-reactive ketones (excluding diaryl/α,β-unsaturated/α-hetero) is 1. The minimum atomic E-state index is 0.144. The van der Waals surface area contributed by atoms with Gasteiger partial charge in [-0.05, 0) is 76.4 Å². The predicted octanol–water partition coefficient (Wildman–Crippen LogP) is 4.17. The summed E-state index contributed by atoms with van der Waals surface area (Å²) in [5.74, 6) is 0.144. The quantitative estimate of drug-likeness (QED) is 0.860. The number of hydrogen-bond acceptors (Lipinski definition) is 2. The van der Waals surface area contributed by atoms with E-state index in [1.807, 2.05) is 7.05 Å². The van der Waals surface area contributed by atoms with Crippen molar-refractivity contribution in [3.8, 4) is 0 Å². The molecule has 1 aromatic carbocycles. The lowest BCUT2D eigenvalue weighted by atomic mass is 9.94. The Morgan fingerprint density at radius 2 is 1.55 bits per heavy atom. The minimum Gasteiger partial charge on any atom is -0.333 e. The number of ketones is 1. The molecule has 120 valence electrons. The van der Waals surface area contributed by atoms with Crippen molar-refractivity contribution >= 4 is 16.7 Å². The molecule has 0 bridgehead atoms. The van der Waals surface area contributed by atoms with E-state index >= 15 is 0 Å². The lowest BCUT2D eigenvalue weighted by molar-refractivity contribution is 0.100. The molecule has 0 amide bonds. The second-order valence-electron chi connectivity index (χ2n) is 6.53. The highest BCUT2D eigenvalue weighted by molar-refractivity contribution is 6.04. The Hall–Kier alpha value is -1.61. The Kier molecular flexibility index (Phi) is 4.48. The SMILES string of the molecule is CNCC(C)n1c(C(C)=O)c(C)c2c(C)c(C)c(C)c(C)c21. The lowest BCUT2D eigenvalue weighted by Gasteiger charge is -2.20. The van der Waals surface area contributed by atoms with E-state index in [4.69, 9.17) is 0 Å². The average molecular weight is 300 g/mol. The highest BCUT2D eigenvalue weighted by atomic mass is 16.1. The summed E-state index contributed by atoms with van der Waals surface area (Å²) in [5, 5.41) is 4.49. The molecule has 3 heteroatoms. The Balaban J connectivity index is 3.04. The van der Waals surface area contributed by atoms with Gasteiger partial charge in [-0.1, -0.05) is 0 Å². The third-order valence-electron chi connectivity index (χ3n) is 5.14. The van der Waals surface area contributed by atoms with Gasteiger partial charge in [0.05, 0.1) is 11.2 Å². The molecule has 2 rings (SSSR count). The summed E-state index contributed by atoms with van der Waals surface area (Å²) in [7, 11) is 1.95. The molecule has 0 radical (unpaired) electrons. The van der Waals surface area contributed by atoms with Crippen LogP contribution in [0.4, 0.5) is 0 Å². The molecule has 1 heterocycles. The third kappa shape index (κ3) is 2.28. The van der Waals surface area contributed by atoms with Crippen LogP contribution >= 0.6 is 0 Å². The zero-order valence-corrected chi connectivity index (χ0v) is 15.1. The molecular weight excluding hydrogens is 272 g/mol. The fourth-order valence-corrected chi connectivity index (χ4v) is 3.72.